The van der Waals surface area contributed by atoms with E-state index in [1.54, 1.807) is 0 Å². The van der Waals surface area contributed by atoms with Crippen molar-refractivity contribution in [1.29, 1.82) is 0 Å². The largest absolute Gasteiger partial charge is 0.370 e. The number of aromatic nitrogens is 2. The molecule has 2 aromatic rings. The van der Waals surface area contributed by atoms with Crippen molar-refractivity contribution in [3.63, 3.8) is 0 Å². The Kier molecular flexibility index (Phi) is 5.53. The molecule has 1 aliphatic heterocycles. The molecular weight excluding hydrogens is 318 g/mol. The summed E-state index contributed by atoms with van der Waals surface area (Å²) >= 11 is 0. The second-order valence-electron chi connectivity index (χ2n) is 6.46. The van der Waals surface area contributed by atoms with E-state index in [1.165, 1.54) is 0 Å². The number of amides is 2. The van der Waals surface area contributed by atoms with Gasteiger partial charge in [0.2, 0.25) is 0 Å². The van der Waals surface area contributed by atoms with E-state index in [9.17, 15) is 4.79 Å². The van der Waals surface area contributed by atoms with Gasteiger partial charge in [0.25, 0.3) is 0 Å². The predicted octanol–water partition coefficient (Wildman–Crippen LogP) is 3.04. The van der Waals surface area contributed by atoms with Gasteiger partial charge in [-0.1, -0.05) is 11.2 Å². The van der Waals surface area contributed by atoms with Gasteiger partial charge in [-0.2, -0.15) is 0 Å². The van der Waals surface area contributed by atoms with Gasteiger partial charge in [0.1, 0.15) is 5.82 Å². The number of urea groups is 1. The summed E-state index contributed by atoms with van der Waals surface area (Å²) in [5.41, 5.74) is 1.98. The van der Waals surface area contributed by atoms with Gasteiger partial charge in [0, 0.05) is 31.9 Å². The lowest BCUT2D eigenvalue weighted by Gasteiger charge is -2.23. The van der Waals surface area contributed by atoms with E-state index in [2.05, 4.69) is 20.8 Å². The van der Waals surface area contributed by atoms with Crippen LogP contribution in [0.1, 0.15) is 42.3 Å². The molecule has 2 amide bonds. The third-order valence-corrected chi connectivity index (χ3v) is 4.34. The van der Waals surface area contributed by atoms with E-state index in [4.69, 9.17) is 4.52 Å². The summed E-state index contributed by atoms with van der Waals surface area (Å²) in [6.07, 6.45) is 4.57. The molecule has 1 unspecified atom stereocenters. The maximum absolute atomic E-state index is 12.4. The SMILES string of the molecule is Cc1ccc(NCCCNC(=O)N2CCCC2c2cc(C)no2)nc1. The maximum atomic E-state index is 12.4. The fourth-order valence-corrected chi connectivity index (χ4v) is 3.02. The highest BCUT2D eigenvalue weighted by Gasteiger charge is 2.32. The smallest absolute Gasteiger partial charge is 0.318 e. The molecule has 1 fully saturated rings. The number of carbonyl (C=O) groups excluding carboxylic acids is 1. The number of nitrogens with one attached hydrogen (secondary N) is 2. The van der Waals surface area contributed by atoms with Crippen LogP contribution in [0.5, 0.6) is 0 Å². The fourth-order valence-electron chi connectivity index (χ4n) is 3.02. The molecule has 134 valence electrons. The first kappa shape index (κ1) is 17.3. The molecule has 0 aromatic carbocycles. The van der Waals surface area contributed by atoms with Crippen molar-refractivity contribution in [2.75, 3.05) is 25.0 Å². The average molecular weight is 343 g/mol. The normalized spacial score (nSPS) is 16.9. The first-order valence-corrected chi connectivity index (χ1v) is 8.78. The second kappa shape index (κ2) is 8.00. The zero-order chi connectivity index (χ0) is 17.6. The molecule has 0 radical (unpaired) electrons. The van der Waals surface area contributed by atoms with E-state index in [-0.39, 0.29) is 12.1 Å². The summed E-state index contributed by atoms with van der Waals surface area (Å²) in [6, 6.07) is 5.85. The standard InChI is InChI=1S/C18H25N5O2/c1-13-6-7-17(21-12-13)19-8-4-9-20-18(24)23-10-3-5-15(23)16-11-14(2)22-25-16/h6-7,11-12,15H,3-5,8-10H2,1-2H3,(H,19,21)(H,20,24). The van der Waals surface area contributed by atoms with Crippen LogP contribution in [-0.4, -0.2) is 40.7 Å². The van der Waals surface area contributed by atoms with Crippen molar-refractivity contribution in [3.05, 3.63) is 41.4 Å². The molecule has 3 heterocycles. The number of hydrogen-bond acceptors (Lipinski definition) is 5. The molecule has 1 aliphatic rings. The summed E-state index contributed by atoms with van der Waals surface area (Å²) in [7, 11) is 0. The molecule has 0 saturated carbocycles. The molecule has 7 heteroatoms. The summed E-state index contributed by atoms with van der Waals surface area (Å²) in [4.78, 5) is 18.6. The number of rotatable bonds is 6. The lowest BCUT2D eigenvalue weighted by Crippen LogP contribution is -2.40. The molecule has 1 saturated heterocycles. The van der Waals surface area contributed by atoms with E-state index >= 15 is 0 Å². The van der Waals surface area contributed by atoms with Crippen molar-refractivity contribution < 1.29 is 9.32 Å². The highest BCUT2D eigenvalue weighted by molar-refractivity contribution is 5.75. The number of carbonyl (C=O) groups is 1. The van der Waals surface area contributed by atoms with Crippen molar-refractivity contribution in [2.45, 2.75) is 39.2 Å². The second-order valence-corrected chi connectivity index (χ2v) is 6.46. The van der Waals surface area contributed by atoms with Gasteiger partial charge in [-0.05, 0) is 44.7 Å². The molecule has 2 aromatic heterocycles. The van der Waals surface area contributed by atoms with Gasteiger partial charge < -0.3 is 20.1 Å². The van der Waals surface area contributed by atoms with Crippen LogP contribution in [-0.2, 0) is 0 Å². The number of likely N-dealkylation sites (tertiary alicyclic amines) is 1. The van der Waals surface area contributed by atoms with Crippen LogP contribution in [0.25, 0.3) is 0 Å². The zero-order valence-electron chi connectivity index (χ0n) is 14.8. The molecule has 0 spiro atoms. The number of hydrogen-bond donors (Lipinski definition) is 2. The van der Waals surface area contributed by atoms with Gasteiger partial charge in [0.15, 0.2) is 5.76 Å². The van der Waals surface area contributed by atoms with Crippen LogP contribution in [0.4, 0.5) is 10.6 Å². The Hall–Kier alpha value is -2.57. The lowest BCUT2D eigenvalue weighted by molar-refractivity contribution is 0.182. The number of pyridine rings is 1. The summed E-state index contributed by atoms with van der Waals surface area (Å²) in [6.45, 7) is 6.04. The van der Waals surface area contributed by atoms with Gasteiger partial charge in [0.05, 0.1) is 11.7 Å². The van der Waals surface area contributed by atoms with E-state index in [0.717, 1.165) is 55.2 Å². The van der Waals surface area contributed by atoms with Gasteiger partial charge >= 0.3 is 6.03 Å². The highest BCUT2D eigenvalue weighted by atomic mass is 16.5. The Bertz CT molecular complexity index is 698. The minimum absolute atomic E-state index is 0.00363. The van der Waals surface area contributed by atoms with Crippen molar-refractivity contribution in [1.82, 2.24) is 20.4 Å². The van der Waals surface area contributed by atoms with E-state index in [1.807, 2.05) is 43.1 Å². The number of aryl methyl sites for hydroxylation is 2. The minimum atomic E-state index is -0.0370. The van der Waals surface area contributed by atoms with Crippen LogP contribution in [0.3, 0.4) is 0 Å². The third-order valence-electron chi connectivity index (χ3n) is 4.34. The van der Waals surface area contributed by atoms with Crippen LogP contribution in [0.2, 0.25) is 0 Å². The third kappa shape index (κ3) is 4.49. The van der Waals surface area contributed by atoms with Gasteiger partial charge in [-0.25, -0.2) is 9.78 Å². The van der Waals surface area contributed by atoms with Crippen molar-refractivity contribution in [2.24, 2.45) is 0 Å². The Morgan fingerprint density at radius 3 is 2.96 bits per heavy atom. The lowest BCUT2D eigenvalue weighted by atomic mass is 10.1. The predicted molar refractivity (Wildman–Crippen MR) is 95.4 cm³/mol. The number of nitrogens with zero attached hydrogens (tertiary/aromatic N) is 3. The van der Waals surface area contributed by atoms with E-state index in [0.29, 0.717) is 6.54 Å². The molecule has 1 atom stereocenters. The topological polar surface area (TPSA) is 83.3 Å². The van der Waals surface area contributed by atoms with E-state index < -0.39 is 0 Å². The Labute approximate surface area is 147 Å². The molecular formula is C18H25N5O2. The fraction of sp³-hybridized carbons (Fsp3) is 0.500. The summed E-state index contributed by atoms with van der Waals surface area (Å²) in [5, 5.41) is 10.2. The maximum Gasteiger partial charge on any atom is 0.318 e. The van der Waals surface area contributed by atoms with Gasteiger partial charge in [-0.3, -0.25) is 0 Å². The summed E-state index contributed by atoms with van der Waals surface area (Å²) in [5.74, 6) is 1.63. The van der Waals surface area contributed by atoms with Crippen LogP contribution in [0, 0.1) is 13.8 Å². The molecule has 0 bridgehead atoms. The molecule has 3 rings (SSSR count). The number of anilines is 1. The van der Waals surface area contributed by atoms with Crippen LogP contribution < -0.4 is 10.6 Å². The molecule has 25 heavy (non-hydrogen) atoms. The molecule has 0 aliphatic carbocycles. The van der Waals surface area contributed by atoms with Crippen LogP contribution in [0.15, 0.2) is 28.9 Å². The Morgan fingerprint density at radius 2 is 2.24 bits per heavy atom. The van der Waals surface area contributed by atoms with Crippen LogP contribution >= 0.6 is 0 Å². The van der Waals surface area contributed by atoms with Gasteiger partial charge in [-0.15, -0.1) is 0 Å². The Balaban J connectivity index is 1.40. The monoisotopic (exact) mass is 343 g/mol. The first-order chi connectivity index (χ1) is 12.1. The first-order valence-electron chi connectivity index (χ1n) is 8.78. The molecule has 7 nitrogen and oxygen atoms in total. The average Bonchev–Trinajstić information content (AvgIpc) is 3.24. The zero-order valence-corrected chi connectivity index (χ0v) is 14.8. The van der Waals surface area contributed by atoms with Crippen molar-refractivity contribution >= 4 is 11.8 Å². The minimum Gasteiger partial charge on any atom is -0.370 e. The Morgan fingerprint density at radius 1 is 1.36 bits per heavy atom. The highest BCUT2D eigenvalue weighted by Crippen LogP contribution is 2.32. The van der Waals surface area contributed by atoms with Crippen molar-refractivity contribution in [3.8, 4) is 0 Å². The quantitative estimate of drug-likeness (QED) is 0.788. The summed E-state index contributed by atoms with van der Waals surface area (Å²) < 4.78 is 5.34. The molecule has 2 N–H and O–H groups in total.